The number of halogens is 2. The number of rotatable bonds is 6. The van der Waals surface area contributed by atoms with Crippen molar-refractivity contribution in [3.63, 3.8) is 0 Å². The Morgan fingerprint density at radius 1 is 1.15 bits per heavy atom. The maximum atomic E-state index is 13.3. The first-order valence-corrected chi connectivity index (χ1v) is 9.24. The molecule has 1 heterocycles. The van der Waals surface area contributed by atoms with Crippen molar-refractivity contribution in [2.24, 2.45) is 0 Å². The lowest BCUT2D eigenvalue weighted by Gasteiger charge is -2.34. The first kappa shape index (κ1) is 19.6. The molecule has 0 saturated carbocycles. The fraction of sp³-hybridized carbons (Fsp3) is 0.350. The highest BCUT2D eigenvalue weighted by Crippen LogP contribution is 2.27. The predicted octanol–water partition coefficient (Wildman–Crippen LogP) is 3.24. The van der Waals surface area contributed by atoms with Crippen molar-refractivity contribution in [1.82, 2.24) is 9.80 Å². The Morgan fingerprint density at radius 3 is 2.59 bits per heavy atom. The fourth-order valence-corrected chi connectivity index (χ4v) is 3.34. The highest BCUT2D eigenvalue weighted by molar-refractivity contribution is 6.31. The largest absolute Gasteiger partial charge is 0.495 e. The Labute approximate surface area is 163 Å². The average Bonchev–Trinajstić information content (AvgIpc) is 2.63. The van der Waals surface area contributed by atoms with Crippen LogP contribution >= 0.6 is 11.6 Å². The number of hydrogen-bond acceptors (Lipinski definition) is 4. The first-order valence-electron chi connectivity index (χ1n) is 8.86. The Morgan fingerprint density at radius 2 is 1.89 bits per heavy atom. The number of carbonyl (C=O) groups is 1. The maximum Gasteiger partial charge on any atom is 0.238 e. The monoisotopic (exact) mass is 391 g/mol. The van der Waals surface area contributed by atoms with E-state index in [0.29, 0.717) is 23.0 Å². The molecule has 0 aromatic heterocycles. The molecule has 1 N–H and O–H groups in total. The summed E-state index contributed by atoms with van der Waals surface area (Å²) in [6.07, 6.45) is 0. The van der Waals surface area contributed by atoms with E-state index in [1.54, 1.807) is 37.4 Å². The van der Waals surface area contributed by atoms with Crippen molar-refractivity contribution in [1.29, 1.82) is 0 Å². The average molecular weight is 392 g/mol. The van der Waals surface area contributed by atoms with Crippen LogP contribution in [0, 0.1) is 5.82 Å². The van der Waals surface area contributed by atoms with Crippen molar-refractivity contribution < 1.29 is 13.9 Å². The lowest BCUT2D eigenvalue weighted by atomic mass is 10.2. The highest BCUT2D eigenvalue weighted by Gasteiger charge is 2.19. The molecular formula is C20H23ClFN3O2. The van der Waals surface area contributed by atoms with Gasteiger partial charge in [-0.15, -0.1) is 0 Å². The van der Waals surface area contributed by atoms with Crippen LogP contribution in [0.3, 0.4) is 0 Å². The van der Waals surface area contributed by atoms with Crippen molar-refractivity contribution in [2.75, 3.05) is 45.2 Å². The van der Waals surface area contributed by atoms with Gasteiger partial charge in [0.05, 0.1) is 19.3 Å². The summed E-state index contributed by atoms with van der Waals surface area (Å²) in [5.41, 5.74) is 1.54. The summed E-state index contributed by atoms with van der Waals surface area (Å²) in [4.78, 5) is 16.7. The van der Waals surface area contributed by atoms with Crippen LogP contribution in [0.1, 0.15) is 5.56 Å². The lowest BCUT2D eigenvalue weighted by Crippen LogP contribution is -2.48. The maximum absolute atomic E-state index is 13.3. The number of amides is 1. The van der Waals surface area contributed by atoms with Crippen LogP contribution in [0.5, 0.6) is 5.75 Å². The molecule has 2 aromatic carbocycles. The smallest absolute Gasteiger partial charge is 0.238 e. The van der Waals surface area contributed by atoms with E-state index in [0.717, 1.165) is 38.3 Å². The van der Waals surface area contributed by atoms with Crippen LogP contribution in [0.15, 0.2) is 42.5 Å². The first-order chi connectivity index (χ1) is 13.0. The molecule has 7 heteroatoms. The third-order valence-corrected chi connectivity index (χ3v) is 4.80. The number of carbonyl (C=O) groups excluding carboxylic acids is 1. The summed E-state index contributed by atoms with van der Waals surface area (Å²) in [6, 6.07) is 11.8. The molecule has 5 nitrogen and oxygen atoms in total. The Kier molecular flexibility index (Phi) is 6.66. The van der Waals surface area contributed by atoms with Crippen molar-refractivity contribution >= 4 is 23.2 Å². The van der Waals surface area contributed by atoms with Crippen LogP contribution in [0.25, 0.3) is 0 Å². The molecule has 2 aromatic rings. The van der Waals surface area contributed by atoms with Crippen molar-refractivity contribution in [3.8, 4) is 5.75 Å². The second-order valence-corrected chi connectivity index (χ2v) is 7.01. The van der Waals surface area contributed by atoms with E-state index in [9.17, 15) is 9.18 Å². The number of piperazine rings is 1. The van der Waals surface area contributed by atoms with Gasteiger partial charge in [0.15, 0.2) is 0 Å². The minimum atomic E-state index is -0.209. The molecule has 1 aliphatic heterocycles. The van der Waals surface area contributed by atoms with E-state index < -0.39 is 0 Å². The van der Waals surface area contributed by atoms with Crippen LogP contribution in [0.4, 0.5) is 10.1 Å². The number of anilines is 1. The second kappa shape index (κ2) is 9.17. The van der Waals surface area contributed by atoms with Gasteiger partial charge >= 0.3 is 0 Å². The van der Waals surface area contributed by atoms with Gasteiger partial charge in [0.2, 0.25) is 5.91 Å². The van der Waals surface area contributed by atoms with Gasteiger partial charge < -0.3 is 10.1 Å². The summed E-state index contributed by atoms with van der Waals surface area (Å²) in [5, 5.41) is 3.40. The predicted molar refractivity (Wildman–Crippen MR) is 105 cm³/mol. The van der Waals surface area contributed by atoms with Gasteiger partial charge in [-0.1, -0.05) is 23.7 Å². The molecule has 0 atom stereocenters. The summed E-state index contributed by atoms with van der Waals surface area (Å²) in [6.45, 7) is 4.28. The zero-order valence-corrected chi connectivity index (χ0v) is 16.0. The van der Waals surface area contributed by atoms with E-state index in [2.05, 4.69) is 15.1 Å². The zero-order valence-electron chi connectivity index (χ0n) is 15.3. The summed E-state index contributed by atoms with van der Waals surface area (Å²) in [5.74, 6) is 0.265. The Hall–Kier alpha value is -2.15. The normalized spacial score (nSPS) is 15.5. The minimum Gasteiger partial charge on any atom is -0.495 e. The summed E-state index contributed by atoms with van der Waals surface area (Å²) < 4.78 is 18.5. The molecular weight excluding hydrogens is 369 g/mol. The molecule has 3 rings (SSSR count). The topological polar surface area (TPSA) is 44.8 Å². The van der Waals surface area contributed by atoms with Gasteiger partial charge in [-0.25, -0.2) is 4.39 Å². The third-order valence-electron chi connectivity index (χ3n) is 4.56. The Bertz CT molecular complexity index is 795. The van der Waals surface area contributed by atoms with Crippen LogP contribution in [-0.4, -0.2) is 55.5 Å². The number of benzene rings is 2. The number of ether oxygens (including phenoxy) is 1. The molecule has 1 fully saturated rings. The highest BCUT2D eigenvalue weighted by atomic mass is 35.5. The molecule has 1 aliphatic rings. The second-order valence-electron chi connectivity index (χ2n) is 6.57. The number of nitrogens with one attached hydrogen (secondary N) is 1. The third kappa shape index (κ3) is 5.66. The van der Waals surface area contributed by atoms with Gasteiger partial charge in [-0.05, 0) is 35.9 Å². The van der Waals surface area contributed by atoms with E-state index in [4.69, 9.17) is 16.3 Å². The molecule has 0 bridgehead atoms. The number of hydrogen-bond donors (Lipinski definition) is 1. The summed E-state index contributed by atoms with van der Waals surface area (Å²) in [7, 11) is 1.55. The van der Waals surface area contributed by atoms with E-state index in [1.165, 1.54) is 6.07 Å². The molecule has 0 radical (unpaired) electrons. The molecule has 0 aliphatic carbocycles. The van der Waals surface area contributed by atoms with Gasteiger partial charge in [0.25, 0.3) is 0 Å². The molecule has 144 valence electrons. The molecule has 0 unspecified atom stereocenters. The zero-order chi connectivity index (χ0) is 19.2. The quantitative estimate of drug-likeness (QED) is 0.821. The van der Waals surface area contributed by atoms with E-state index in [1.807, 2.05) is 6.07 Å². The van der Waals surface area contributed by atoms with Gasteiger partial charge in [-0.2, -0.15) is 0 Å². The van der Waals surface area contributed by atoms with Gasteiger partial charge in [-0.3, -0.25) is 14.6 Å². The molecule has 0 spiro atoms. The minimum absolute atomic E-state index is 0.103. The number of nitrogens with zero attached hydrogens (tertiary/aromatic N) is 2. The standard InChI is InChI=1S/C20H23ClFN3O2/c1-27-19-6-5-16(21)12-18(19)23-20(26)14-25-9-7-24(8-10-25)13-15-3-2-4-17(22)11-15/h2-6,11-12H,7-10,13-14H2,1H3,(H,23,26). The van der Waals surface area contributed by atoms with Gasteiger partial charge in [0.1, 0.15) is 11.6 Å². The Balaban J connectivity index is 1.47. The molecule has 1 amide bonds. The van der Waals surface area contributed by atoms with Crippen molar-refractivity contribution in [3.05, 3.63) is 58.9 Å². The van der Waals surface area contributed by atoms with E-state index in [-0.39, 0.29) is 11.7 Å². The van der Waals surface area contributed by atoms with E-state index >= 15 is 0 Å². The molecule has 27 heavy (non-hydrogen) atoms. The van der Waals surface area contributed by atoms with Crippen LogP contribution in [-0.2, 0) is 11.3 Å². The molecule has 1 saturated heterocycles. The van der Waals surface area contributed by atoms with Crippen LogP contribution < -0.4 is 10.1 Å². The van der Waals surface area contributed by atoms with Crippen molar-refractivity contribution in [2.45, 2.75) is 6.54 Å². The fourth-order valence-electron chi connectivity index (χ4n) is 3.17. The SMILES string of the molecule is COc1ccc(Cl)cc1NC(=O)CN1CCN(Cc2cccc(F)c2)CC1. The van der Waals surface area contributed by atoms with Gasteiger partial charge in [0, 0.05) is 37.7 Å². The van der Waals surface area contributed by atoms with Crippen LogP contribution in [0.2, 0.25) is 5.02 Å². The number of methoxy groups -OCH3 is 1. The summed E-state index contributed by atoms with van der Waals surface area (Å²) >= 11 is 6.00. The lowest BCUT2D eigenvalue weighted by molar-refractivity contribution is -0.117.